The van der Waals surface area contributed by atoms with Crippen molar-refractivity contribution in [3.05, 3.63) is 88.7 Å². The standard InChI is InChI=1S/C27H27ClN4O3S/c1-18-6-8-22(9-7-18)36(34,35)32-21(17-31-26(33)27(2)10-11-27)13-19-14-23(28)20(15-24(19)32)16-30-25-5-3-4-12-29-25/h3-9,12-15H,10-11,16-17H2,1-2H3,(H,29,30)(H,31,33). The van der Waals surface area contributed by atoms with Gasteiger partial charge in [0.15, 0.2) is 0 Å². The molecule has 0 spiro atoms. The van der Waals surface area contributed by atoms with E-state index >= 15 is 0 Å². The van der Waals surface area contributed by atoms with Gasteiger partial charge >= 0.3 is 0 Å². The monoisotopic (exact) mass is 522 g/mol. The molecular formula is C27H27ClN4O3S. The van der Waals surface area contributed by atoms with E-state index in [-0.39, 0.29) is 22.8 Å². The third-order valence-electron chi connectivity index (χ3n) is 6.66. The molecule has 0 saturated heterocycles. The Hall–Kier alpha value is -3.36. The zero-order valence-electron chi connectivity index (χ0n) is 20.1. The molecule has 0 atom stereocenters. The summed E-state index contributed by atoms with van der Waals surface area (Å²) in [6, 6.07) is 17.6. The quantitative estimate of drug-likeness (QED) is 0.329. The second-order valence-corrected chi connectivity index (χ2v) is 11.7. The highest BCUT2D eigenvalue weighted by atomic mass is 35.5. The molecule has 1 aliphatic rings. The summed E-state index contributed by atoms with van der Waals surface area (Å²) in [5.41, 5.74) is 2.30. The molecular weight excluding hydrogens is 496 g/mol. The van der Waals surface area contributed by atoms with E-state index < -0.39 is 10.0 Å². The third kappa shape index (κ3) is 4.70. The van der Waals surface area contributed by atoms with Gasteiger partial charge in [-0.3, -0.25) is 4.79 Å². The minimum absolute atomic E-state index is 0.0645. The summed E-state index contributed by atoms with van der Waals surface area (Å²) in [5.74, 6) is 0.624. The molecule has 5 rings (SSSR count). The average molecular weight is 523 g/mol. The van der Waals surface area contributed by atoms with Crippen LogP contribution in [0.4, 0.5) is 5.82 Å². The summed E-state index contributed by atoms with van der Waals surface area (Å²) in [5, 5.41) is 7.35. The highest BCUT2D eigenvalue weighted by Gasteiger charge is 2.44. The molecule has 186 valence electrons. The first-order chi connectivity index (χ1) is 17.2. The molecule has 1 saturated carbocycles. The highest BCUT2D eigenvalue weighted by Crippen LogP contribution is 2.45. The predicted molar refractivity (Wildman–Crippen MR) is 141 cm³/mol. The van der Waals surface area contributed by atoms with Crippen molar-refractivity contribution >= 4 is 44.3 Å². The lowest BCUT2D eigenvalue weighted by atomic mass is 10.1. The molecule has 4 aromatic rings. The van der Waals surface area contributed by atoms with Gasteiger partial charge in [0.1, 0.15) is 5.82 Å². The Morgan fingerprint density at radius 1 is 1.08 bits per heavy atom. The molecule has 2 heterocycles. The molecule has 0 radical (unpaired) electrons. The van der Waals surface area contributed by atoms with Crippen molar-refractivity contribution in [2.75, 3.05) is 5.32 Å². The maximum Gasteiger partial charge on any atom is 0.268 e. The lowest BCUT2D eigenvalue weighted by Crippen LogP contribution is -2.31. The Bertz CT molecular complexity index is 1540. The van der Waals surface area contributed by atoms with E-state index in [9.17, 15) is 13.2 Å². The SMILES string of the molecule is Cc1ccc(S(=O)(=O)n2c(CNC(=O)C3(C)CC3)cc3cc(Cl)c(CNc4ccccn4)cc32)cc1. The number of hydrogen-bond acceptors (Lipinski definition) is 5. The summed E-state index contributed by atoms with van der Waals surface area (Å²) in [7, 11) is -3.94. The number of nitrogens with zero attached hydrogens (tertiary/aromatic N) is 2. The van der Waals surface area contributed by atoms with E-state index in [4.69, 9.17) is 11.6 Å². The van der Waals surface area contributed by atoms with Crippen LogP contribution in [-0.4, -0.2) is 23.3 Å². The zero-order chi connectivity index (χ0) is 25.5. The molecule has 9 heteroatoms. The highest BCUT2D eigenvalue weighted by molar-refractivity contribution is 7.90. The number of aromatic nitrogens is 2. The van der Waals surface area contributed by atoms with E-state index in [0.29, 0.717) is 34.0 Å². The van der Waals surface area contributed by atoms with Crippen molar-refractivity contribution in [3.63, 3.8) is 0 Å². The van der Waals surface area contributed by atoms with Gasteiger partial charge in [-0.2, -0.15) is 0 Å². The number of aryl methyl sites for hydroxylation is 1. The van der Waals surface area contributed by atoms with Gasteiger partial charge in [-0.25, -0.2) is 17.4 Å². The Labute approximate surface area is 215 Å². The fraction of sp³-hybridized carbons (Fsp3) is 0.259. The largest absolute Gasteiger partial charge is 0.366 e. The summed E-state index contributed by atoms with van der Waals surface area (Å²) in [4.78, 5) is 17.0. The Balaban J connectivity index is 1.57. The van der Waals surface area contributed by atoms with Gasteiger partial charge in [-0.1, -0.05) is 42.3 Å². The molecule has 2 N–H and O–H groups in total. The Morgan fingerprint density at radius 2 is 1.83 bits per heavy atom. The molecule has 2 aromatic heterocycles. The molecule has 7 nitrogen and oxygen atoms in total. The molecule has 0 bridgehead atoms. The molecule has 0 unspecified atom stereocenters. The number of benzene rings is 2. The normalized spacial score (nSPS) is 14.5. The number of pyridine rings is 1. The predicted octanol–water partition coefficient (Wildman–Crippen LogP) is 5.26. The number of carbonyl (C=O) groups excluding carboxylic acids is 1. The van der Waals surface area contributed by atoms with Crippen LogP contribution in [0.25, 0.3) is 10.9 Å². The summed E-state index contributed by atoms with van der Waals surface area (Å²) >= 11 is 6.59. The van der Waals surface area contributed by atoms with Crippen LogP contribution in [0.2, 0.25) is 5.02 Å². The van der Waals surface area contributed by atoms with Gasteiger partial charge < -0.3 is 10.6 Å². The van der Waals surface area contributed by atoms with Gasteiger partial charge in [0.2, 0.25) is 5.91 Å². The van der Waals surface area contributed by atoms with E-state index in [1.807, 2.05) is 32.0 Å². The first kappa shape index (κ1) is 24.3. The number of rotatable bonds is 8. The second kappa shape index (κ2) is 9.26. The van der Waals surface area contributed by atoms with Crippen molar-refractivity contribution in [2.24, 2.45) is 5.41 Å². The first-order valence-electron chi connectivity index (χ1n) is 11.8. The van der Waals surface area contributed by atoms with Crippen molar-refractivity contribution < 1.29 is 13.2 Å². The summed E-state index contributed by atoms with van der Waals surface area (Å²) in [6.45, 7) is 4.28. The van der Waals surface area contributed by atoms with Crippen LogP contribution in [0, 0.1) is 12.3 Å². The minimum Gasteiger partial charge on any atom is -0.366 e. The van der Waals surface area contributed by atoms with E-state index in [1.165, 1.54) is 3.97 Å². The summed E-state index contributed by atoms with van der Waals surface area (Å²) in [6.07, 6.45) is 3.37. The summed E-state index contributed by atoms with van der Waals surface area (Å²) < 4.78 is 29.0. The van der Waals surface area contributed by atoms with Crippen molar-refractivity contribution in [2.45, 2.75) is 44.7 Å². The van der Waals surface area contributed by atoms with Gasteiger partial charge in [0.25, 0.3) is 10.0 Å². The topological polar surface area (TPSA) is 93.1 Å². The van der Waals surface area contributed by atoms with Crippen molar-refractivity contribution in [1.82, 2.24) is 14.3 Å². The van der Waals surface area contributed by atoms with Crippen LogP contribution in [0.3, 0.4) is 0 Å². The number of nitrogens with one attached hydrogen (secondary N) is 2. The maximum atomic E-state index is 13.9. The van der Waals surface area contributed by atoms with E-state index in [0.717, 1.165) is 24.0 Å². The molecule has 0 aliphatic heterocycles. The Kier molecular flexibility index (Phi) is 6.26. The fourth-order valence-corrected chi connectivity index (χ4v) is 5.89. The van der Waals surface area contributed by atoms with Gasteiger partial charge in [-0.15, -0.1) is 0 Å². The smallest absolute Gasteiger partial charge is 0.268 e. The van der Waals surface area contributed by atoms with Crippen LogP contribution >= 0.6 is 11.6 Å². The maximum absolute atomic E-state index is 13.9. The fourth-order valence-electron chi connectivity index (χ4n) is 4.11. The number of amides is 1. The number of hydrogen-bond donors (Lipinski definition) is 2. The number of fused-ring (bicyclic) bond motifs is 1. The van der Waals surface area contributed by atoms with Crippen LogP contribution in [0.15, 0.2) is 71.8 Å². The zero-order valence-corrected chi connectivity index (χ0v) is 21.7. The van der Waals surface area contributed by atoms with Crippen LogP contribution in [-0.2, 0) is 27.9 Å². The van der Waals surface area contributed by atoms with Crippen LogP contribution < -0.4 is 10.6 Å². The van der Waals surface area contributed by atoms with Gasteiger partial charge in [0.05, 0.1) is 22.7 Å². The molecule has 1 fully saturated rings. The van der Waals surface area contributed by atoms with E-state index in [2.05, 4.69) is 15.6 Å². The van der Waals surface area contributed by atoms with Crippen molar-refractivity contribution in [1.29, 1.82) is 0 Å². The minimum atomic E-state index is -3.94. The van der Waals surface area contributed by atoms with Gasteiger partial charge in [-0.05, 0) is 67.8 Å². The molecule has 1 aliphatic carbocycles. The Morgan fingerprint density at radius 3 is 2.50 bits per heavy atom. The molecule has 2 aromatic carbocycles. The molecule has 36 heavy (non-hydrogen) atoms. The lowest BCUT2D eigenvalue weighted by Gasteiger charge is -2.15. The number of halogens is 1. The average Bonchev–Trinajstić information content (AvgIpc) is 3.51. The lowest BCUT2D eigenvalue weighted by molar-refractivity contribution is -0.125. The van der Waals surface area contributed by atoms with E-state index in [1.54, 1.807) is 48.7 Å². The second-order valence-electron chi connectivity index (χ2n) is 9.53. The third-order valence-corrected chi connectivity index (χ3v) is 8.79. The molecule has 1 amide bonds. The van der Waals surface area contributed by atoms with Crippen LogP contribution in [0.5, 0.6) is 0 Å². The number of anilines is 1. The van der Waals surface area contributed by atoms with Crippen molar-refractivity contribution in [3.8, 4) is 0 Å². The van der Waals surface area contributed by atoms with Gasteiger partial charge in [0, 0.05) is 28.6 Å². The number of carbonyl (C=O) groups is 1. The van der Waals surface area contributed by atoms with Crippen LogP contribution in [0.1, 0.15) is 36.6 Å². The first-order valence-corrected chi connectivity index (χ1v) is 13.6.